The second kappa shape index (κ2) is 8.76. The van der Waals surface area contributed by atoms with Crippen molar-refractivity contribution in [2.45, 2.75) is 12.5 Å². The van der Waals surface area contributed by atoms with Crippen molar-refractivity contribution in [2.75, 3.05) is 37.0 Å². The first kappa shape index (κ1) is 20.8. The van der Waals surface area contributed by atoms with Crippen molar-refractivity contribution in [3.05, 3.63) is 95.1 Å². The molecule has 0 unspecified atom stereocenters. The lowest BCUT2D eigenvalue weighted by Gasteiger charge is -2.31. The number of hydrogen-bond acceptors (Lipinski definition) is 3. The molecular weight excluding hydrogens is 396 g/mol. The lowest BCUT2D eigenvalue weighted by molar-refractivity contribution is 0.0942. The van der Waals surface area contributed by atoms with Crippen LogP contribution in [-0.4, -0.2) is 33.1 Å². The van der Waals surface area contributed by atoms with Gasteiger partial charge in [-0.3, -0.25) is 4.79 Å². The Balaban J connectivity index is 1.62. The Bertz CT molecular complexity index is 1060. The molecule has 0 saturated carbocycles. The number of anilines is 2. The van der Waals surface area contributed by atoms with Gasteiger partial charge < -0.3 is 15.1 Å². The van der Waals surface area contributed by atoms with Gasteiger partial charge >= 0.3 is 0 Å². The quantitative estimate of drug-likeness (QED) is 0.634. The van der Waals surface area contributed by atoms with Gasteiger partial charge in [-0.2, -0.15) is 0 Å². The van der Waals surface area contributed by atoms with Crippen LogP contribution in [0.15, 0.2) is 66.7 Å². The monoisotopic (exact) mass is 421 g/mol. The number of fused-ring (bicyclic) bond motifs is 1. The molecule has 0 saturated heterocycles. The lowest BCUT2D eigenvalue weighted by atomic mass is 10.0. The Morgan fingerprint density at radius 2 is 1.68 bits per heavy atom. The topological polar surface area (TPSA) is 35.6 Å². The van der Waals surface area contributed by atoms with Crippen molar-refractivity contribution in [3.8, 4) is 0 Å². The van der Waals surface area contributed by atoms with Crippen LogP contribution in [-0.2, 0) is 6.42 Å². The Morgan fingerprint density at radius 1 is 1.00 bits per heavy atom. The van der Waals surface area contributed by atoms with Gasteiger partial charge in [0, 0.05) is 38.6 Å². The van der Waals surface area contributed by atoms with Crippen LogP contribution >= 0.6 is 0 Å². The van der Waals surface area contributed by atoms with E-state index >= 15 is 0 Å². The number of carbonyl (C=O) groups is 1. The van der Waals surface area contributed by atoms with Crippen molar-refractivity contribution in [1.29, 1.82) is 0 Å². The first-order chi connectivity index (χ1) is 15.0. The molecule has 3 aromatic rings. The van der Waals surface area contributed by atoms with Gasteiger partial charge in [0.25, 0.3) is 5.91 Å². The summed E-state index contributed by atoms with van der Waals surface area (Å²) in [7, 11) is 3.96. The first-order valence-corrected chi connectivity index (χ1v) is 10.3. The molecule has 1 amide bonds. The first-order valence-electron chi connectivity index (χ1n) is 10.3. The minimum Gasteiger partial charge on any atom is -0.378 e. The average molecular weight is 421 g/mol. The Hall–Kier alpha value is -3.41. The molecule has 0 spiro atoms. The zero-order chi connectivity index (χ0) is 22.0. The molecule has 6 heteroatoms. The fourth-order valence-corrected chi connectivity index (χ4v) is 4.08. The van der Waals surface area contributed by atoms with Crippen molar-refractivity contribution in [3.63, 3.8) is 0 Å². The Labute approximate surface area is 181 Å². The minimum absolute atomic E-state index is 0.168. The van der Waals surface area contributed by atoms with E-state index in [0.717, 1.165) is 42.0 Å². The van der Waals surface area contributed by atoms with Crippen molar-refractivity contribution in [2.24, 2.45) is 0 Å². The standard InChI is InChI=1S/C25H25F2N3O/c1-29(2)19-12-10-18(11-13-19)23(30-15-14-17-6-3-4-9-22(17)30)16-28-25(31)24-20(26)7-5-8-21(24)27/h3-13,23H,14-16H2,1-2H3,(H,28,31)/t23-/m0/s1. The van der Waals surface area contributed by atoms with Gasteiger partial charge in [-0.15, -0.1) is 0 Å². The Morgan fingerprint density at radius 3 is 2.35 bits per heavy atom. The maximum Gasteiger partial charge on any atom is 0.257 e. The highest BCUT2D eigenvalue weighted by atomic mass is 19.1. The van der Waals surface area contributed by atoms with E-state index in [4.69, 9.17) is 0 Å². The fourth-order valence-electron chi connectivity index (χ4n) is 4.08. The predicted octanol–water partition coefficient (Wildman–Crippen LogP) is 4.56. The van der Waals surface area contributed by atoms with E-state index in [0.29, 0.717) is 0 Å². The number of para-hydroxylation sites is 1. The zero-order valence-electron chi connectivity index (χ0n) is 17.6. The number of carbonyl (C=O) groups excluding carboxylic acids is 1. The highest BCUT2D eigenvalue weighted by Crippen LogP contribution is 2.35. The van der Waals surface area contributed by atoms with Gasteiger partial charge in [0.1, 0.15) is 17.2 Å². The van der Waals surface area contributed by atoms with E-state index in [1.807, 2.05) is 55.4 Å². The van der Waals surface area contributed by atoms with Gasteiger partial charge in [-0.25, -0.2) is 8.78 Å². The third-order valence-electron chi connectivity index (χ3n) is 5.74. The molecule has 0 aliphatic carbocycles. The molecule has 3 aromatic carbocycles. The molecule has 4 nitrogen and oxygen atoms in total. The third kappa shape index (κ3) is 4.24. The second-order valence-corrected chi connectivity index (χ2v) is 7.88. The van der Waals surface area contributed by atoms with Crippen LogP contribution in [0.25, 0.3) is 0 Å². The van der Waals surface area contributed by atoms with E-state index in [9.17, 15) is 13.6 Å². The predicted molar refractivity (Wildman–Crippen MR) is 120 cm³/mol. The molecule has 31 heavy (non-hydrogen) atoms. The van der Waals surface area contributed by atoms with E-state index < -0.39 is 23.1 Å². The van der Waals surface area contributed by atoms with Crippen molar-refractivity contribution in [1.82, 2.24) is 5.32 Å². The third-order valence-corrected chi connectivity index (χ3v) is 5.74. The van der Waals surface area contributed by atoms with E-state index in [2.05, 4.69) is 22.3 Å². The summed E-state index contributed by atoms with van der Waals surface area (Å²) in [6.45, 7) is 1.03. The Kier molecular flexibility index (Phi) is 5.89. The minimum atomic E-state index is -0.865. The number of hydrogen-bond donors (Lipinski definition) is 1. The number of amides is 1. The summed E-state index contributed by atoms with van der Waals surface area (Å²) < 4.78 is 28.1. The summed E-state index contributed by atoms with van der Waals surface area (Å²) in [6.07, 6.45) is 0.915. The molecule has 4 rings (SSSR count). The molecule has 1 heterocycles. The normalized spacial score (nSPS) is 13.6. The number of nitrogens with zero attached hydrogens (tertiary/aromatic N) is 2. The van der Waals surface area contributed by atoms with Crippen LogP contribution in [0, 0.1) is 11.6 Å². The lowest BCUT2D eigenvalue weighted by Crippen LogP contribution is -2.38. The van der Waals surface area contributed by atoms with E-state index in [-0.39, 0.29) is 12.6 Å². The summed E-state index contributed by atoms with van der Waals surface area (Å²) in [5.41, 5.74) is 3.92. The molecule has 1 aliphatic heterocycles. The summed E-state index contributed by atoms with van der Waals surface area (Å²) in [6, 6.07) is 19.6. The smallest absolute Gasteiger partial charge is 0.257 e. The van der Waals surface area contributed by atoms with Crippen LogP contribution in [0.2, 0.25) is 0 Å². The van der Waals surface area contributed by atoms with E-state index in [1.54, 1.807) is 0 Å². The van der Waals surface area contributed by atoms with Crippen molar-refractivity contribution >= 4 is 17.3 Å². The van der Waals surface area contributed by atoms with E-state index in [1.165, 1.54) is 11.6 Å². The molecule has 0 bridgehead atoms. The molecule has 0 aromatic heterocycles. The highest BCUT2D eigenvalue weighted by molar-refractivity contribution is 5.94. The van der Waals surface area contributed by atoms with Crippen LogP contribution in [0.1, 0.15) is 27.5 Å². The number of benzene rings is 3. The SMILES string of the molecule is CN(C)c1ccc([C@H](CNC(=O)c2c(F)cccc2F)N2CCc3ccccc32)cc1. The maximum absolute atomic E-state index is 14.1. The van der Waals surface area contributed by atoms with Gasteiger partial charge in [0.15, 0.2) is 0 Å². The summed E-state index contributed by atoms with van der Waals surface area (Å²) in [4.78, 5) is 16.9. The summed E-state index contributed by atoms with van der Waals surface area (Å²) in [5.74, 6) is -2.48. The van der Waals surface area contributed by atoms with Crippen LogP contribution in [0.3, 0.4) is 0 Å². The molecule has 1 atom stereocenters. The van der Waals surface area contributed by atoms with Gasteiger partial charge in [-0.05, 0) is 47.9 Å². The highest BCUT2D eigenvalue weighted by Gasteiger charge is 2.28. The summed E-state index contributed by atoms with van der Waals surface area (Å²) >= 11 is 0. The van der Waals surface area contributed by atoms with Gasteiger partial charge in [0.2, 0.25) is 0 Å². The number of nitrogens with one attached hydrogen (secondary N) is 1. The molecular formula is C25H25F2N3O. The van der Waals surface area contributed by atoms with Gasteiger partial charge in [-0.1, -0.05) is 36.4 Å². The van der Waals surface area contributed by atoms with Crippen LogP contribution in [0.5, 0.6) is 0 Å². The van der Waals surface area contributed by atoms with Crippen LogP contribution in [0.4, 0.5) is 20.2 Å². The molecule has 1 aliphatic rings. The molecule has 0 radical (unpaired) electrons. The fraction of sp³-hybridized carbons (Fsp3) is 0.240. The zero-order valence-corrected chi connectivity index (χ0v) is 17.6. The summed E-state index contributed by atoms with van der Waals surface area (Å²) in [5, 5.41) is 2.75. The number of halogens is 2. The van der Waals surface area contributed by atoms with Crippen molar-refractivity contribution < 1.29 is 13.6 Å². The molecule has 0 fully saturated rings. The van der Waals surface area contributed by atoms with Gasteiger partial charge in [0.05, 0.1) is 6.04 Å². The number of rotatable bonds is 6. The molecule has 160 valence electrons. The second-order valence-electron chi connectivity index (χ2n) is 7.88. The maximum atomic E-state index is 14.1. The van der Waals surface area contributed by atoms with Crippen LogP contribution < -0.4 is 15.1 Å². The molecule has 1 N–H and O–H groups in total. The average Bonchev–Trinajstić information content (AvgIpc) is 3.18. The largest absolute Gasteiger partial charge is 0.378 e.